The second kappa shape index (κ2) is 6.31. The lowest BCUT2D eigenvalue weighted by molar-refractivity contribution is 0.417. The van der Waals surface area contributed by atoms with Crippen LogP contribution in [-0.4, -0.2) is 25.5 Å². The van der Waals surface area contributed by atoms with Crippen LogP contribution in [0, 0.1) is 0 Å². The summed E-state index contributed by atoms with van der Waals surface area (Å²) in [6.07, 6.45) is 3.52. The van der Waals surface area contributed by atoms with Gasteiger partial charge < -0.3 is 4.90 Å². The van der Waals surface area contributed by atoms with Crippen molar-refractivity contribution < 1.29 is 0 Å². The van der Waals surface area contributed by atoms with E-state index in [-0.39, 0.29) is 4.75 Å². The van der Waals surface area contributed by atoms with Gasteiger partial charge in [0.05, 0.1) is 4.75 Å². The maximum absolute atomic E-state index is 2.44. The van der Waals surface area contributed by atoms with Gasteiger partial charge in [-0.3, -0.25) is 0 Å². The van der Waals surface area contributed by atoms with Crippen molar-refractivity contribution in [2.45, 2.75) is 23.0 Å². The summed E-state index contributed by atoms with van der Waals surface area (Å²) < 4.78 is 0.0112. The zero-order valence-electron chi connectivity index (χ0n) is 13.5. The Hall–Kier alpha value is -1.51. The Morgan fingerprint density at radius 2 is 1.68 bits per heavy atom. The Labute approximate surface area is 138 Å². The molecule has 0 fully saturated rings. The third kappa shape index (κ3) is 2.86. The first kappa shape index (κ1) is 15.4. The summed E-state index contributed by atoms with van der Waals surface area (Å²) in [5, 5.41) is 0. The van der Waals surface area contributed by atoms with Crippen LogP contribution < -0.4 is 0 Å². The first-order valence-electron chi connectivity index (χ1n) is 7.80. The van der Waals surface area contributed by atoms with Gasteiger partial charge in [-0.15, -0.1) is 11.8 Å². The van der Waals surface area contributed by atoms with Gasteiger partial charge in [-0.25, -0.2) is 0 Å². The van der Waals surface area contributed by atoms with Gasteiger partial charge in [0.25, 0.3) is 0 Å². The molecule has 2 heteroatoms. The topological polar surface area (TPSA) is 3.24 Å². The predicted octanol–water partition coefficient (Wildman–Crippen LogP) is 5.04. The van der Waals surface area contributed by atoms with Crippen molar-refractivity contribution in [1.29, 1.82) is 0 Å². The Kier molecular flexibility index (Phi) is 4.42. The summed E-state index contributed by atoms with van der Waals surface area (Å²) in [6.45, 7) is 3.44. The van der Waals surface area contributed by atoms with Crippen molar-refractivity contribution >= 4 is 17.3 Å². The molecule has 2 aromatic rings. The fourth-order valence-corrected chi connectivity index (χ4v) is 4.48. The van der Waals surface area contributed by atoms with Crippen LogP contribution in [0.1, 0.15) is 24.5 Å². The van der Waals surface area contributed by atoms with E-state index in [9.17, 15) is 0 Å². The third-order valence-corrected chi connectivity index (χ3v) is 5.69. The van der Waals surface area contributed by atoms with Gasteiger partial charge in [0.15, 0.2) is 0 Å². The molecule has 0 spiro atoms. The average Bonchev–Trinajstić information content (AvgIpc) is 2.81. The van der Waals surface area contributed by atoms with Crippen LogP contribution in [0.2, 0.25) is 0 Å². The molecule has 0 N–H and O–H groups in total. The standard InChI is InChI=1S/C20H23NS/c1-20(16-10-5-4-6-11-16)18(13-9-15-21(2)3)17-12-7-8-14-19(17)22-20/h4-8,10-14H,9,15H2,1-3H3/b18-13-. The molecule has 1 heterocycles. The number of hydrogen-bond donors (Lipinski definition) is 0. The normalized spacial score (nSPS) is 22.3. The second-order valence-electron chi connectivity index (χ2n) is 6.21. The van der Waals surface area contributed by atoms with E-state index < -0.39 is 0 Å². The molecular weight excluding hydrogens is 286 g/mol. The number of hydrogen-bond acceptors (Lipinski definition) is 2. The van der Waals surface area contributed by atoms with Crippen LogP contribution in [0.4, 0.5) is 0 Å². The van der Waals surface area contributed by atoms with Gasteiger partial charge in [-0.05, 0) is 50.2 Å². The molecule has 0 saturated carbocycles. The van der Waals surface area contributed by atoms with Crippen molar-refractivity contribution in [1.82, 2.24) is 4.90 Å². The van der Waals surface area contributed by atoms with Crippen LogP contribution in [0.15, 0.2) is 65.6 Å². The lowest BCUT2D eigenvalue weighted by atomic mass is 9.87. The highest BCUT2D eigenvalue weighted by molar-refractivity contribution is 8.01. The van der Waals surface area contributed by atoms with E-state index in [1.165, 1.54) is 21.6 Å². The lowest BCUT2D eigenvalue weighted by Gasteiger charge is -2.26. The highest BCUT2D eigenvalue weighted by Crippen LogP contribution is 2.58. The zero-order valence-corrected chi connectivity index (χ0v) is 14.4. The highest BCUT2D eigenvalue weighted by Gasteiger charge is 2.39. The Morgan fingerprint density at radius 3 is 2.41 bits per heavy atom. The number of nitrogens with zero attached hydrogens (tertiary/aromatic N) is 1. The van der Waals surface area contributed by atoms with Crippen LogP contribution in [-0.2, 0) is 4.75 Å². The van der Waals surface area contributed by atoms with E-state index in [2.05, 4.69) is 86.6 Å². The Bertz CT molecular complexity index is 675. The molecule has 2 aromatic carbocycles. The Morgan fingerprint density at radius 1 is 1.00 bits per heavy atom. The molecule has 3 rings (SSSR count). The predicted molar refractivity (Wildman–Crippen MR) is 97.2 cm³/mol. The van der Waals surface area contributed by atoms with Crippen LogP contribution in [0.5, 0.6) is 0 Å². The van der Waals surface area contributed by atoms with Gasteiger partial charge in [0, 0.05) is 11.4 Å². The zero-order chi connectivity index (χ0) is 15.6. The summed E-state index contributed by atoms with van der Waals surface area (Å²) in [5.74, 6) is 0. The van der Waals surface area contributed by atoms with E-state index in [0.29, 0.717) is 0 Å². The molecule has 1 aliphatic heterocycles. The lowest BCUT2D eigenvalue weighted by Crippen LogP contribution is -2.16. The molecule has 0 aromatic heterocycles. The minimum Gasteiger partial charge on any atom is -0.309 e. The molecule has 0 amide bonds. The molecule has 114 valence electrons. The molecule has 1 nitrogen and oxygen atoms in total. The highest BCUT2D eigenvalue weighted by atomic mass is 32.2. The number of fused-ring (bicyclic) bond motifs is 1. The van der Waals surface area contributed by atoms with Crippen molar-refractivity contribution in [2.24, 2.45) is 0 Å². The summed E-state index contributed by atoms with van der Waals surface area (Å²) in [6, 6.07) is 19.7. The molecule has 0 bridgehead atoms. The maximum Gasteiger partial charge on any atom is 0.0679 e. The van der Waals surface area contributed by atoms with E-state index in [4.69, 9.17) is 0 Å². The summed E-state index contributed by atoms with van der Waals surface area (Å²) >= 11 is 1.98. The van der Waals surface area contributed by atoms with Crippen molar-refractivity contribution in [2.75, 3.05) is 20.6 Å². The third-order valence-electron chi connectivity index (χ3n) is 4.25. The van der Waals surface area contributed by atoms with Crippen LogP contribution in [0.3, 0.4) is 0 Å². The summed E-state index contributed by atoms with van der Waals surface area (Å²) in [4.78, 5) is 3.63. The van der Waals surface area contributed by atoms with E-state index in [0.717, 1.165) is 13.0 Å². The SMILES string of the molecule is CN(C)CC/C=C1/c2ccccc2SC1(C)c1ccccc1. The maximum atomic E-state index is 2.44. The van der Waals surface area contributed by atoms with E-state index in [1.807, 2.05) is 11.8 Å². The second-order valence-corrected chi connectivity index (χ2v) is 7.67. The first-order chi connectivity index (χ1) is 10.6. The van der Waals surface area contributed by atoms with Gasteiger partial charge in [-0.2, -0.15) is 0 Å². The van der Waals surface area contributed by atoms with Crippen molar-refractivity contribution in [3.05, 3.63) is 71.8 Å². The van der Waals surface area contributed by atoms with Gasteiger partial charge in [0.1, 0.15) is 0 Å². The quantitative estimate of drug-likeness (QED) is 0.778. The minimum atomic E-state index is 0.0112. The molecular formula is C20H23NS. The molecule has 1 aliphatic rings. The number of benzene rings is 2. The molecule has 1 unspecified atom stereocenters. The first-order valence-corrected chi connectivity index (χ1v) is 8.62. The molecule has 1 atom stereocenters. The van der Waals surface area contributed by atoms with Gasteiger partial charge >= 0.3 is 0 Å². The van der Waals surface area contributed by atoms with Gasteiger partial charge in [0.2, 0.25) is 0 Å². The van der Waals surface area contributed by atoms with E-state index >= 15 is 0 Å². The van der Waals surface area contributed by atoms with E-state index in [1.54, 1.807) is 0 Å². The van der Waals surface area contributed by atoms with Crippen LogP contribution in [0.25, 0.3) is 5.57 Å². The molecule has 22 heavy (non-hydrogen) atoms. The minimum absolute atomic E-state index is 0.0112. The summed E-state index contributed by atoms with van der Waals surface area (Å²) in [5.41, 5.74) is 4.24. The number of thioether (sulfide) groups is 1. The Balaban J connectivity index is 2.03. The smallest absolute Gasteiger partial charge is 0.0679 e. The molecule has 0 radical (unpaired) electrons. The van der Waals surface area contributed by atoms with Crippen molar-refractivity contribution in [3.8, 4) is 0 Å². The van der Waals surface area contributed by atoms with Gasteiger partial charge in [-0.1, -0.05) is 54.6 Å². The largest absolute Gasteiger partial charge is 0.309 e. The fourth-order valence-electron chi connectivity index (χ4n) is 3.05. The summed E-state index contributed by atoms with van der Waals surface area (Å²) in [7, 11) is 4.26. The average molecular weight is 309 g/mol. The number of rotatable bonds is 4. The van der Waals surface area contributed by atoms with Crippen LogP contribution >= 0.6 is 11.8 Å². The van der Waals surface area contributed by atoms with Crippen molar-refractivity contribution in [3.63, 3.8) is 0 Å². The monoisotopic (exact) mass is 309 g/mol. The molecule has 0 aliphatic carbocycles. The fraction of sp³-hybridized carbons (Fsp3) is 0.300. The molecule has 0 saturated heterocycles.